The largest absolute Gasteiger partial charge is 3.00 e. The predicted octanol–water partition coefficient (Wildman–Crippen LogP) is 2.60. The van der Waals surface area contributed by atoms with Gasteiger partial charge in [-0.05, 0) is 0 Å². The average molecular weight is 236 g/mol. The average Bonchev–Trinajstić information content (AvgIpc) is 1.82. The van der Waals surface area contributed by atoms with E-state index in [-0.39, 0.29) is 35.3 Å². The summed E-state index contributed by atoms with van der Waals surface area (Å²) in [7, 11) is 0. The predicted molar refractivity (Wildman–Crippen MR) is 53.5 cm³/mol. The molecule has 0 aliphatic heterocycles. The van der Waals surface area contributed by atoms with Gasteiger partial charge in [0, 0.05) is 10.8 Å². The molecule has 0 heterocycles. The quantitative estimate of drug-likeness (QED) is 0.691. The topological polar surface area (TPSA) is 34.1 Å². The molecule has 0 bridgehead atoms. The van der Waals surface area contributed by atoms with Gasteiger partial charge in [-0.3, -0.25) is 9.59 Å². The van der Waals surface area contributed by atoms with Crippen LogP contribution < -0.4 is 0 Å². The number of hydrogen-bond acceptors (Lipinski definition) is 2. The number of Topliss-reactive ketones (excluding diaryl/α,β-unsaturated/α-hetero) is 2. The summed E-state index contributed by atoms with van der Waals surface area (Å²) in [4.78, 5) is 23.0. The van der Waals surface area contributed by atoms with Crippen LogP contribution in [0.3, 0.4) is 0 Å². The first-order valence-corrected chi connectivity index (χ1v) is 4.62. The molecule has 0 saturated carbocycles. The summed E-state index contributed by atoms with van der Waals surface area (Å²) in [5, 5.41) is 0. The summed E-state index contributed by atoms with van der Waals surface area (Å²) in [6, 6.07) is 0. The molecule has 0 spiro atoms. The van der Waals surface area contributed by atoms with E-state index in [1.165, 1.54) is 0 Å². The first-order chi connectivity index (χ1) is 5.55. The standard InChI is InChI=1S/C11H20O2.Cr/c1-10(2,3)8(12)7-9(13)11(4,5)6;/h7H2,1-6H3;/q;+3. The van der Waals surface area contributed by atoms with Gasteiger partial charge in [0.2, 0.25) is 0 Å². The minimum absolute atomic E-state index is 0. The van der Waals surface area contributed by atoms with Crippen molar-refractivity contribution < 1.29 is 27.0 Å². The Bertz CT molecular complexity index is 194. The molecular weight excluding hydrogens is 216 g/mol. The summed E-state index contributed by atoms with van der Waals surface area (Å²) in [5.41, 5.74) is -0.804. The van der Waals surface area contributed by atoms with E-state index in [2.05, 4.69) is 0 Å². The minimum Gasteiger partial charge on any atom is -0.299 e. The van der Waals surface area contributed by atoms with Crippen LogP contribution in [0.15, 0.2) is 0 Å². The fourth-order valence-corrected chi connectivity index (χ4v) is 0.676. The molecule has 0 amide bonds. The third-order valence-corrected chi connectivity index (χ3v) is 1.99. The molecule has 79 valence electrons. The van der Waals surface area contributed by atoms with E-state index >= 15 is 0 Å². The number of hydrogen-bond donors (Lipinski definition) is 0. The van der Waals surface area contributed by atoms with E-state index in [0.717, 1.165) is 0 Å². The Balaban J connectivity index is 0. The molecular formula is C11H20CrO2+3. The van der Waals surface area contributed by atoms with Crippen molar-refractivity contribution in [2.45, 2.75) is 48.0 Å². The summed E-state index contributed by atoms with van der Waals surface area (Å²) in [6.07, 6.45) is 0.0625. The molecule has 2 nitrogen and oxygen atoms in total. The second-order valence-electron chi connectivity index (χ2n) is 5.52. The first-order valence-electron chi connectivity index (χ1n) is 4.62. The monoisotopic (exact) mass is 236 g/mol. The normalized spacial score (nSPS) is 11.9. The zero-order chi connectivity index (χ0) is 10.9. The molecule has 0 rings (SSSR count). The smallest absolute Gasteiger partial charge is 0.299 e. The number of carbonyl (C=O) groups is 2. The summed E-state index contributed by atoms with van der Waals surface area (Å²) >= 11 is 0. The van der Waals surface area contributed by atoms with Gasteiger partial charge < -0.3 is 0 Å². The van der Waals surface area contributed by atoms with Gasteiger partial charge >= 0.3 is 17.4 Å². The minimum atomic E-state index is -0.402. The molecule has 0 aromatic heterocycles. The molecule has 0 aliphatic carbocycles. The van der Waals surface area contributed by atoms with Crippen molar-refractivity contribution in [3.8, 4) is 0 Å². The first kappa shape index (κ1) is 16.3. The van der Waals surface area contributed by atoms with Crippen LogP contribution >= 0.6 is 0 Å². The van der Waals surface area contributed by atoms with Crippen LogP contribution in [-0.2, 0) is 27.0 Å². The van der Waals surface area contributed by atoms with Gasteiger partial charge in [-0.1, -0.05) is 41.5 Å². The summed E-state index contributed by atoms with van der Waals surface area (Å²) in [6.45, 7) is 11.0. The maximum atomic E-state index is 11.5. The van der Waals surface area contributed by atoms with Crippen LogP contribution in [0, 0.1) is 10.8 Å². The van der Waals surface area contributed by atoms with Gasteiger partial charge in [0.05, 0.1) is 6.42 Å². The Kier molecular flexibility index (Phi) is 5.93. The van der Waals surface area contributed by atoms with Crippen molar-refractivity contribution in [1.29, 1.82) is 0 Å². The molecule has 0 aliphatic rings. The summed E-state index contributed by atoms with van der Waals surface area (Å²) in [5.74, 6) is 0.0415. The number of rotatable bonds is 2. The van der Waals surface area contributed by atoms with Crippen molar-refractivity contribution in [2.24, 2.45) is 10.8 Å². The van der Waals surface area contributed by atoms with E-state index < -0.39 is 10.8 Å². The van der Waals surface area contributed by atoms with Crippen LogP contribution in [0.1, 0.15) is 48.0 Å². The third kappa shape index (κ3) is 5.57. The van der Waals surface area contributed by atoms with Gasteiger partial charge in [0.1, 0.15) is 11.6 Å². The van der Waals surface area contributed by atoms with Crippen LogP contribution in [-0.4, -0.2) is 11.6 Å². The van der Waals surface area contributed by atoms with E-state index in [4.69, 9.17) is 0 Å². The molecule has 0 atom stereocenters. The van der Waals surface area contributed by atoms with Crippen molar-refractivity contribution in [3.05, 3.63) is 0 Å². The molecule has 0 unspecified atom stereocenters. The van der Waals surface area contributed by atoms with Gasteiger partial charge in [-0.15, -0.1) is 0 Å². The maximum Gasteiger partial charge on any atom is 3.00 e. The second kappa shape index (κ2) is 5.09. The third-order valence-electron chi connectivity index (χ3n) is 1.99. The van der Waals surface area contributed by atoms with Crippen LogP contribution in [0.5, 0.6) is 0 Å². The maximum absolute atomic E-state index is 11.5. The van der Waals surface area contributed by atoms with Crippen LogP contribution in [0.2, 0.25) is 0 Å². The molecule has 14 heavy (non-hydrogen) atoms. The van der Waals surface area contributed by atoms with Gasteiger partial charge in [-0.2, -0.15) is 0 Å². The second-order valence-corrected chi connectivity index (χ2v) is 5.52. The molecule has 0 N–H and O–H groups in total. The molecule has 3 heteroatoms. The Morgan fingerprint density at radius 2 is 1.00 bits per heavy atom. The van der Waals surface area contributed by atoms with Crippen molar-refractivity contribution >= 4 is 11.6 Å². The zero-order valence-corrected chi connectivity index (χ0v) is 11.2. The molecule has 1 radical (unpaired) electrons. The van der Waals surface area contributed by atoms with Crippen LogP contribution in [0.25, 0.3) is 0 Å². The SMILES string of the molecule is CC(C)(C)C(=O)CC(=O)C(C)(C)C.[Cr+3]. The summed E-state index contributed by atoms with van der Waals surface area (Å²) < 4.78 is 0. The Labute approximate surface area is 97.6 Å². The van der Waals surface area contributed by atoms with E-state index in [1.54, 1.807) is 0 Å². The fraction of sp³-hybridized carbons (Fsp3) is 0.818. The molecule has 0 aromatic carbocycles. The van der Waals surface area contributed by atoms with Crippen molar-refractivity contribution in [1.82, 2.24) is 0 Å². The van der Waals surface area contributed by atoms with Crippen molar-refractivity contribution in [3.63, 3.8) is 0 Å². The number of carbonyl (C=O) groups excluding carboxylic acids is 2. The van der Waals surface area contributed by atoms with Gasteiger partial charge in [0.25, 0.3) is 0 Å². The Hall–Kier alpha value is -0.128. The van der Waals surface area contributed by atoms with E-state index in [0.29, 0.717) is 0 Å². The molecule has 0 aromatic rings. The van der Waals surface area contributed by atoms with Crippen molar-refractivity contribution in [2.75, 3.05) is 0 Å². The van der Waals surface area contributed by atoms with E-state index in [1.807, 2.05) is 41.5 Å². The van der Waals surface area contributed by atoms with Gasteiger partial charge in [-0.25, -0.2) is 0 Å². The Morgan fingerprint density at radius 3 is 1.14 bits per heavy atom. The zero-order valence-electron chi connectivity index (χ0n) is 9.93. The van der Waals surface area contributed by atoms with Gasteiger partial charge in [0.15, 0.2) is 0 Å². The molecule has 0 saturated heterocycles. The Morgan fingerprint density at radius 1 is 0.786 bits per heavy atom. The number of ketones is 2. The van der Waals surface area contributed by atoms with Crippen LogP contribution in [0.4, 0.5) is 0 Å². The fourth-order valence-electron chi connectivity index (χ4n) is 0.676. The molecule has 0 fully saturated rings. The van der Waals surface area contributed by atoms with E-state index in [9.17, 15) is 9.59 Å².